The Labute approximate surface area is 167 Å². The van der Waals surface area contributed by atoms with Crippen molar-refractivity contribution in [2.45, 2.75) is 103 Å². The predicted molar refractivity (Wildman–Crippen MR) is 101 cm³/mol. The minimum absolute atomic E-state index is 0.00617. The van der Waals surface area contributed by atoms with Crippen molar-refractivity contribution in [3.05, 3.63) is 0 Å². The molecule has 0 aromatic heterocycles. The van der Waals surface area contributed by atoms with E-state index in [4.69, 9.17) is 28.0 Å². The average molecular weight is 426 g/mol. The Bertz CT molecular complexity index is 543. The summed E-state index contributed by atoms with van der Waals surface area (Å²) in [5, 5.41) is 10.7. The van der Waals surface area contributed by atoms with Gasteiger partial charge in [-0.05, 0) is 41.5 Å². The highest BCUT2D eigenvalue weighted by atomic mass is 31.2. The second kappa shape index (κ2) is 9.81. The topological polar surface area (TPSA) is 113 Å². The van der Waals surface area contributed by atoms with Crippen molar-refractivity contribution in [3.63, 3.8) is 0 Å². The van der Waals surface area contributed by atoms with Gasteiger partial charge in [-0.1, -0.05) is 0 Å². The molecule has 0 saturated carbocycles. The van der Waals surface area contributed by atoms with E-state index in [0.29, 0.717) is 6.42 Å². The fourth-order valence-electron chi connectivity index (χ4n) is 3.42. The molecule has 0 radical (unpaired) electrons. The molecule has 2 heterocycles. The molecule has 166 valence electrons. The van der Waals surface area contributed by atoms with Gasteiger partial charge in [-0.2, -0.15) is 0 Å². The SMILES string of the molecule is CC(C)OC[C@@]1(O)O[C@@H](C)C[C@H]1OP(=O)(O)OC[C@H]1O[C@@H](C)CC1OC(C)C. The maximum atomic E-state index is 12.5. The lowest BCUT2D eigenvalue weighted by Crippen LogP contribution is -2.45. The molecular formula is C18H35O9P. The van der Waals surface area contributed by atoms with Crippen molar-refractivity contribution in [2.24, 2.45) is 0 Å². The molecule has 0 spiro atoms. The molecule has 2 aliphatic rings. The summed E-state index contributed by atoms with van der Waals surface area (Å²) in [7, 11) is -4.46. The Kier molecular flexibility index (Phi) is 8.47. The summed E-state index contributed by atoms with van der Waals surface area (Å²) >= 11 is 0. The lowest BCUT2D eigenvalue weighted by atomic mass is 10.1. The van der Waals surface area contributed by atoms with Gasteiger partial charge in [0, 0.05) is 12.8 Å². The molecule has 0 amide bonds. The molecule has 10 heteroatoms. The van der Waals surface area contributed by atoms with E-state index in [0.717, 1.165) is 0 Å². The Balaban J connectivity index is 1.93. The first-order chi connectivity index (χ1) is 12.9. The Morgan fingerprint density at radius 3 is 2.43 bits per heavy atom. The predicted octanol–water partition coefficient (Wildman–Crippen LogP) is 2.38. The van der Waals surface area contributed by atoms with Crippen LogP contribution in [-0.2, 0) is 32.6 Å². The molecule has 0 aromatic carbocycles. The third-order valence-electron chi connectivity index (χ3n) is 4.57. The van der Waals surface area contributed by atoms with Crippen LogP contribution < -0.4 is 0 Å². The molecule has 7 atom stereocenters. The smallest absolute Gasteiger partial charge is 0.373 e. The lowest BCUT2D eigenvalue weighted by molar-refractivity contribution is -0.252. The minimum Gasteiger partial charge on any atom is -0.373 e. The van der Waals surface area contributed by atoms with Gasteiger partial charge in [0.2, 0.25) is 5.79 Å². The molecule has 0 bridgehead atoms. The first-order valence-electron chi connectivity index (χ1n) is 9.88. The normalized spacial score (nSPS) is 38.4. The summed E-state index contributed by atoms with van der Waals surface area (Å²) in [5.41, 5.74) is 0. The van der Waals surface area contributed by atoms with Crippen molar-refractivity contribution in [1.82, 2.24) is 0 Å². The van der Waals surface area contributed by atoms with Gasteiger partial charge in [-0.15, -0.1) is 0 Å². The molecule has 2 saturated heterocycles. The number of aliphatic hydroxyl groups is 1. The van der Waals surface area contributed by atoms with E-state index in [1.165, 1.54) is 0 Å². The van der Waals surface area contributed by atoms with Gasteiger partial charge in [-0.3, -0.25) is 9.05 Å². The molecule has 0 aromatic rings. The summed E-state index contributed by atoms with van der Waals surface area (Å²) < 4.78 is 45.3. The molecule has 28 heavy (non-hydrogen) atoms. The van der Waals surface area contributed by atoms with Crippen LogP contribution >= 0.6 is 7.82 Å². The van der Waals surface area contributed by atoms with E-state index in [1.807, 2.05) is 34.6 Å². The van der Waals surface area contributed by atoms with Crippen LogP contribution in [0.25, 0.3) is 0 Å². The van der Waals surface area contributed by atoms with Crippen LogP contribution in [0.5, 0.6) is 0 Å². The number of phosphoric acid groups is 1. The van der Waals surface area contributed by atoms with E-state index >= 15 is 0 Å². The van der Waals surface area contributed by atoms with Crippen LogP contribution in [0, 0.1) is 0 Å². The van der Waals surface area contributed by atoms with Crippen LogP contribution in [0.1, 0.15) is 54.4 Å². The van der Waals surface area contributed by atoms with Gasteiger partial charge >= 0.3 is 7.82 Å². The first-order valence-corrected chi connectivity index (χ1v) is 11.4. The molecule has 2 fully saturated rings. The fraction of sp³-hybridized carbons (Fsp3) is 1.00. The zero-order chi connectivity index (χ0) is 21.1. The minimum atomic E-state index is -4.46. The van der Waals surface area contributed by atoms with Gasteiger partial charge in [-0.25, -0.2) is 4.57 Å². The molecule has 9 nitrogen and oxygen atoms in total. The molecule has 2 unspecified atom stereocenters. The Morgan fingerprint density at radius 2 is 1.82 bits per heavy atom. The highest BCUT2D eigenvalue weighted by molar-refractivity contribution is 7.47. The molecule has 2 rings (SSSR count). The third-order valence-corrected chi connectivity index (χ3v) is 5.57. The number of ether oxygens (including phenoxy) is 4. The second-order valence-electron chi connectivity index (χ2n) is 8.17. The van der Waals surface area contributed by atoms with Gasteiger partial charge < -0.3 is 28.9 Å². The maximum Gasteiger partial charge on any atom is 0.472 e. The molecule has 2 N–H and O–H groups in total. The van der Waals surface area contributed by atoms with E-state index in [9.17, 15) is 14.6 Å². The van der Waals surface area contributed by atoms with Crippen LogP contribution in [0.15, 0.2) is 0 Å². The summed E-state index contributed by atoms with van der Waals surface area (Å²) in [6.45, 7) is 10.8. The Morgan fingerprint density at radius 1 is 1.14 bits per heavy atom. The van der Waals surface area contributed by atoms with Crippen molar-refractivity contribution in [1.29, 1.82) is 0 Å². The monoisotopic (exact) mass is 426 g/mol. The summed E-state index contributed by atoms with van der Waals surface area (Å²) in [5.74, 6) is -1.81. The second-order valence-corrected chi connectivity index (χ2v) is 9.58. The summed E-state index contributed by atoms with van der Waals surface area (Å²) in [6.07, 6.45) is -1.34. The van der Waals surface area contributed by atoms with Crippen LogP contribution in [0.2, 0.25) is 0 Å². The van der Waals surface area contributed by atoms with Crippen molar-refractivity contribution in [3.8, 4) is 0 Å². The van der Waals surface area contributed by atoms with Crippen molar-refractivity contribution >= 4 is 7.82 Å². The van der Waals surface area contributed by atoms with Crippen LogP contribution in [0.4, 0.5) is 0 Å². The largest absolute Gasteiger partial charge is 0.472 e. The molecule has 2 aliphatic heterocycles. The van der Waals surface area contributed by atoms with E-state index in [-0.39, 0.29) is 50.2 Å². The Hall–Kier alpha value is -0.0900. The van der Waals surface area contributed by atoms with E-state index < -0.39 is 25.8 Å². The van der Waals surface area contributed by atoms with Gasteiger partial charge in [0.25, 0.3) is 0 Å². The number of hydrogen-bond donors (Lipinski definition) is 2. The highest BCUT2D eigenvalue weighted by Crippen LogP contribution is 2.49. The van der Waals surface area contributed by atoms with Gasteiger partial charge in [0.05, 0.1) is 37.1 Å². The van der Waals surface area contributed by atoms with Gasteiger partial charge in [0.1, 0.15) is 18.8 Å². The maximum absolute atomic E-state index is 12.5. The lowest BCUT2D eigenvalue weighted by Gasteiger charge is -2.30. The van der Waals surface area contributed by atoms with Gasteiger partial charge in [0.15, 0.2) is 0 Å². The van der Waals surface area contributed by atoms with Crippen LogP contribution in [0.3, 0.4) is 0 Å². The quantitative estimate of drug-likeness (QED) is 0.508. The zero-order valence-electron chi connectivity index (χ0n) is 17.6. The summed E-state index contributed by atoms with van der Waals surface area (Å²) in [4.78, 5) is 10.2. The average Bonchev–Trinajstić information content (AvgIpc) is 3.02. The number of hydrogen-bond acceptors (Lipinski definition) is 8. The number of rotatable bonds is 10. The molecule has 0 aliphatic carbocycles. The fourth-order valence-corrected chi connectivity index (χ4v) is 4.38. The molecular weight excluding hydrogens is 391 g/mol. The standard InChI is InChI=1S/C18H35O9P/c1-11(2)22-10-18(19)17(8-14(6)26-18)27-28(20,21)23-9-16-15(24-12(3)4)7-13(5)25-16/h11-17,19H,7-10H2,1-6H3,(H,20,21)/t13-,14-,15?,16+,17+,18+/m0/s1. The van der Waals surface area contributed by atoms with Crippen molar-refractivity contribution < 1.29 is 42.6 Å². The zero-order valence-corrected chi connectivity index (χ0v) is 18.5. The van der Waals surface area contributed by atoms with E-state index in [2.05, 4.69) is 0 Å². The van der Waals surface area contributed by atoms with E-state index in [1.54, 1.807) is 6.92 Å². The third kappa shape index (κ3) is 7.00. The van der Waals surface area contributed by atoms with Crippen molar-refractivity contribution in [2.75, 3.05) is 13.2 Å². The number of phosphoric ester groups is 1. The highest BCUT2D eigenvalue weighted by Gasteiger charge is 2.51. The first kappa shape index (κ1) is 24.2. The van der Waals surface area contributed by atoms with Crippen LogP contribution in [-0.4, -0.2) is 71.7 Å². The summed E-state index contributed by atoms with van der Waals surface area (Å²) in [6, 6.07) is 0.